The predicted molar refractivity (Wildman–Crippen MR) is 66.0 cm³/mol. The van der Waals surface area contributed by atoms with E-state index in [1.165, 1.54) is 11.1 Å². The van der Waals surface area contributed by atoms with Crippen molar-refractivity contribution in [2.75, 3.05) is 18.5 Å². The van der Waals surface area contributed by atoms with E-state index in [2.05, 4.69) is 18.2 Å². The first-order valence-electron chi connectivity index (χ1n) is 5.42. The highest BCUT2D eigenvalue weighted by molar-refractivity contribution is 5.70. The molecule has 3 heteroatoms. The van der Waals surface area contributed by atoms with Crippen LogP contribution in [0.5, 0.6) is 0 Å². The molecule has 0 bridgehead atoms. The van der Waals surface area contributed by atoms with Gasteiger partial charge in [0.05, 0.1) is 5.92 Å². The van der Waals surface area contributed by atoms with Crippen molar-refractivity contribution >= 4 is 11.7 Å². The largest absolute Gasteiger partial charge is 0.481 e. The number of hydrogen-bond acceptors (Lipinski definition) is 2. The molecule has 0 radical (unpaired) electrons. The second kappa shape index (κ2) is 5.01. The summed E-state index contributed by atoms with van der Waals surface area (Å²) in [6.45, 7) is 6.34. The van der Waals surface area contributed by atoms with Gasteiger partial charge in [0.1, 0.15) is 0 Å². The highest BCUT2D eigenvalue weighted by Gasteiger charge is 2.14. The standard InChI is InChI=1S/C13H19NO2/c1-9-5-10(2)7-12(6-9)14(4)8-11(3)13(15)16/h5-7,11H,8H2,1-4H3,(H,15,16). The van der Waals surface area contributed by atoms with Gasteiger partial charge in [-0.3, -0.25) is 4.79 Å². The van der Waals surface area contributed by atoms with Gasteiger partial charge in [-0.05, 0) is 37.1 Å². The molecule has 1 atom stereocenters. The number of rotatable bonds is 4. The topological polar surface area (TPSA) is 40.5 Å². The number of nitrogens with zero attached hydrogens (tertiary/aromatic N) is 1. The van der Waals surface area contributed by atoms with E-state index < -0.39 is 5.97 Å². The van der Waals surface area contributed by atoms with Gasteiger partial charge in [-0.1, -0.05) is 13.0 Å². The van der Waals surface area contributed by atoms with Crippen LogP contribution in [-0.4, -0.2) is 24.7 Å². The Morgan fingerprint density at radius 3 is 2.25 bits per heavy atom. The first kappa shape index (κ1) is 12.6. The maximum absolute atomic E-state index is 10.8. The maximum atomic E-state index is 10.8. The molecule has 16 heavy (non-hydrogen) atoms. The number of carboxylic acid groups (broad SMARTS) is 1. The van der Waals surface area contributed by atoms with E-state index in [9.17, 15) is 4.79 Å². The van der Waals surface area contributed by atoms with Gasteiger partial charge in [-0.15, -0.1) is 0 Å². The molecule has 1 rings (SSSR count). The highest BCUT2D eigenvalue weighted by Crippen LogP contribution is 2.18. The third kappa shape index (κ3) is 3.26. The van der Waals surface area contributed by atoms with Gasteiger partial charge in [-0.2, -0.15) is 0 Å². The Morgan fingerprint density at radius 2 is 1.81 bits per heavy atom. The zero-order valence-electron chi connectivity index (χ0n) is 10.3. The fourth-order valence-electron chi connectivity index (χ4n) is 1.77. The number of carboxylic acids is 1. The second-order valence-corrected chi connectivity index (χ2v) is 4.47. The van der Waals surface area contributed by atoms with E-state index in [1.54, 1.807) is 6.92 Å². The number of benzene rings is 1. The smallest absolute Gasteiger partial charge is 0.308 e. The molecule has 88 valence electrons. The molecule has 0 saturated heterocycles. The monoisotopic (exact) mass is 221 g/mol. The van der Waals surface area contributed by atoms with E-state index >= 15 is 0 Å². The Labute approximate surface area is 96.7 Å². The van der Waals surface area contributed by atoms with Crippen molar-refractivity contribution in [2.24, 2.45) is 5.92 Å². The quantitative estimate of drug-likeness (QED) is 0.849. The summed E-state index contributed by atoms with van der Waals surface area (Å²) in [5.41, 5.74) is 3.47. The van der Waals surface area contributed by atoms with Crippen molar-refractivity contribution < 1.29 is 9.90 Å². The van der Waals surface area contributed by atoms with Gasteiger partial charge >= 0.3 is 5.97 Å². The maximum Gasteiger partial charge on any atom is 0.308 e. The van der Waals surface area contributed by atoms with Crippen LogP contribution in [-0.2, 0) is 4.79 Å². The lowest BCUT2D eigenvalue weighted by atomic mass is 10.1. The summed E-state index contributed by atoms with van der Waals surface area (Å²) in [6, 6.07) is 6.25. The average molecular weight is 221 g/mol. The van der Waals surface area contributed by atoms with E-state index in [1.807, 2.05) is 25.8 Å². The van der Waals surface area contributed by atoms with Gasteiger partial charge in [0, 0.05) is 19.3 Å². The van der Waals surface area contributed by atoms with Crippen LogP contribution in [0.25, 0.3) is 0 Å². The lowest BCUT2D eigenvalue weighted by Crippen LogP contribution is -2.28. The molecule has 1 unspecified atom stereocenters. The lowest BCUT2D eigenvalue weighted by Gasteiger charge is -2.22. The summed E-state index contributed by atoms with van der Waals surface area (Å²) in [5, 5.41) is 8.86. The molecule has 0 fully saturated rings. The minimum Gasteiger partial charge on any atom is -0.481 e. The van der Waals surface area contributed by atoms with Gasteiger partial charge in [-0.25, -0.2) is 0 Å². The number of aliphatic carboxylic acids is 1. The minimum atomic E-state index is -0.753. The normalized spacial score (nSPS) is 12.2. The third-order valence-electron chi connectivity index (χ3n) is 2.62. The Balaban J connectivity index is 2.80. The molecule has 0 aliphatic rings. The van der Waals surface area contributed by atoms with Crippen LogP contribution in [0.4, 0.5) is 5.69 Å². The minimum absolute atomic E-state index is 0.356. The molecule has 0 heterocycles. The van der Waals surface area contributed by atoms with Gasteiger partial charge in [0.15, 0.2) is 0 Å². The van der Waals surface area contributed by atoms with Crippen LogP contribution in [0, 0.1) is 19.8 Å². The van der Waals surface area contributed by atoms with E-state index in [-0.39, 0.29) is 5.92 Å². The number of carbonyl (C=O) groups is 1. The summed E-state index contributed by atoms with van der Waals surface area (Å²) < 4.78 is 0. The van der Waals surface area contributed by atoms with Crippen LogP contribution >= 0.6 is 0 Å². The van der Waals surface area contributed by atoms with Crippen LogP contribution in [0.15, 0.2) is 18.2 Å². The lowest BCUT2D eigenvalue weighted by molar-refractivity contribution is -0.140. The van der Waals surface area contributed by atoms with Crippen molar-refractivity contribution in [3.05, 3.63) is 29.3 Å². The highest BCUT2D eigenvalue weighted by atomic mass is 16.4. The Bertz CT molecular complexity index is 367. The van der Waals surface area contributed by atoms with E-state index in [0.29, 0.717) is 6.54 Å². The zero-order valence-corrected chi connectivity index (χ0v) is 10.3. The molecule has 0 spiro atoms. The molecule has 0 aliphatic heterocycles. The molecule has 0 aliphatic carbocycles. The van der Waals surface area contributed by atoms with Crippen molar-refractivity contribution in [1.82, 2.24) is 0 Å². The SMILES string of the molecule is Cc1cc(C)cc(N(C)CC(C)C(=O)O)c1. The van der Waals surface area contributed by atoms with Crippen molar-refractivity contribution in [3.8, 4) is 0 Å². The summed E-state index contributed by atoms with van der Waals surface area (Å²) in [6.07, 6.45) is 0. The molecule has 0 amide bonds. The number of hydrogen-bond donors (Lipinski definition) is 1. The second-order valence-electron chi connectivity index (χ2n) is 4.47. The summed E-state index contributed by atoms with van der Waals surface area (Å²) in [4.78, 5) is 12.8. The molecular formula is C13H19NO2. The van der Waals surface area contributed by atoms with Gasteiger partial charge in [0.2, 0.25) is 0 Å². The molecular weight excluding hydrogens is 202 g/mol. The van der Waals surface area contributed by atoms with E-state index in [0.717, 1.165) is 5.69 Å². The average Bonchev–Trinajstić information content (AvgIpc) is 2.15. The molecule has 0 aromatic heterocycles. The Morgan fingerprint density at radius 1 is 1.31 bits per heavy atom. The predicted octanol–water partition coefficient (Wildman–Crippen LogP) is 2.46. The number of aryl methyl sites for hydroxylation is 2. The third-order valence-corrected chi connectivity index (χ3v) is 2.62. The van der Waals surface area contributed by atoms with Gasteiger partial charge < -0.3 is 10.0 Å². The van der Waals surface area contributed by atoms with Crippen molar-refractivity contribution in [3.63, 3.8) is 0 Å². The fraction of sp³-hybridized carbons (Fsp3) is 0.462. The van der Waals surface area contributed by atoms with Crippen LogP contribution in [0.2, 0.25) is 0 Å². The first-order chi connectivity index (χ1) is 7.40. The zero-order chi connectivity index (χ0) is 12.3. The molecule has 1 N–H and O–H groups in total. The van der Waals surface area contributed by atoms with E-state index in [4.69, 9.17) is 5.11 Å². The Kier molecular flexibility index (Phi) is 3.93. The molecule has 1 aromatic carbocycles. The number of anilines is 1. The molecule has 1 aromatic rings. The molecule has 3 nitrogen and oxygen atoms in total. The fourth-order valence-corrected chi connectivity index (χ4v) is 1.77. The summed E-state index contributed by atoms with van der Waals surface area (Å²) in [5.74, 6) is -1.11. The molecule has 0 saturated carbocycles. The first-order valence-corrected chi connectivity index (χ1v) is 5.42. The van der Waals surface area contributed by atoms with Crippen LogP contribution in [0.3, 0.4) is 0 Å². The van der Waals surface area contributed by atoms with Crippen LogP contribution in [0.1, 0.15) is 18.1 Å². The van der Waals surface area contributed by atoms with Crippen molar-refractivity contribution in [2.45, 2.75) is 20.8 Å². The summed E-state index contributed by atoms with van der Waals surface area (Å²) >= 11 is 0. The van der Waals surface area contributed by atoms with Crippen LogP contribution < -0.4 is 4.90 Å². The summed E-state index contributed by atoms with van der Waals surface area (Å²) in [7, 11) is 1.92. The van der Waals surface area contributed by atoms with Crippen molar-refractivity contribution in [1.29, 1.82) is 0 Å². The van der Waals surface area contributed by atoms with Gasteiger partial charge in [0.25, 0.3) is 0 Å². The Hall–Kier alpha value is -1.51.